The van der Waals surface area contributed by atoms with Gasteiger partial charge in [0.15, 0.2) is 0 Å². The largest absolute Gasteiger partial charge is 0.445 e. The van der Waals surface area contributed by atoms with Gasteiger partial charge in [-0.1, -0.05) is 13.8 Å². The van der Waals surface area contributed by atoms with Gasteiger partial charge < -0.3 is 9.64 Å². The smallest absolute Gasteiger partial charge is 0.410 e. The first-order chi connectivity index (χ1) is 8.08. The first-order valence-electron chi connectivity index (χ1n) is 6.73. The van der Waals surface area contributed by atoms with Gasteiger partial charge in [-0.2, -0.15) is 0 Å². The minimum atomic E-state index is -0.106. The number of carbonyl (C=O) groups excluding carboxylic acids is 1. The number of hydrogen-bond donors (Lipinski definition) is 0. The third kappa shape index (κ3) is 2.92. The van der Waals surface area contributed by atoms with E-state index >= 15 is 0 Å². The molecule has 0 aromatic rings. The number of rotatable bonds is 2. The lowest BCUT2D eigenvalue weighted by molar-refractivity contribution is 0.0728. The van der Waals surface area contributed by atoms with Gasteiger partial charge in [-0.05, 0) is 25.8 Å². The van der Waals surface area contributed by atoms with Crippen LogP contribution in [0, 0.1) is 5.92 Å². The molecule has 2 rings (SSSR count). The lowest BCUT2D eigenvalue weighted by Crippen LogP contribution is -2.33. The van der Waals surface area contributed by atoms with E-state index in [4.69, 9.17) is 4.74 Å². The molecule has 2 fully saturated rings. The second-order valence-corrected chi connectivity index (χ2v) is 5.69. The van der Waals surface area contributed by atoms with Crippen LogP contribution in [0.3, 0.4) is 0 Å². The van der Waals surface area contributed by atoms with E-state index in [-0.39, 0.29) is 12.2 Å². The summed E-state index contributed by atoms with van der Waals surface area (Å²) in [7, 11) is 2.12. The van der Waals surface area contributed by atoms with Gasteiger partial charge in [0, 0.05) is 32.1 Å². The van der Waals surface area contributed by atoms with E-state index in [0.29, 0.717) is 12.0 Å². The Labute approximate surface area is 104 Å². The summed E-state index contributed by atoms with van der Waals surface area (Å²) in [5.74, 6) is 0.621. The second-order valence-electron chi connectivity index (χ2n) is 5.69. The van der Waals surface area contributed by atoms with Crippen molar-refractivity contribution in [1.82, 2.24) is 9.80 Å². The van der Waals surface area contributed by atoms with Crippen molar-refractivity contribution < 1.29 is 9.53 Å². The fraction of sp³-hybridized carbons (Fsp3) is 0.923. The highest BCUT2D eigenvalue weighted by Gasteiger charge is 2.34. The lowest BCUT2D eigenvalue weighted by atomic mass is 10.0. The van der Waals surface area contributed by atoms with Crippen molar-refractivity contribution >= 4 is 6.09 Å². The summed E-state index contributed by atoms with van der Waals surface area (Å²) in [6, 6.07) is 0.548. The lowest BCUT2D eigenvalue weighted by Gasteiger charge is -2.21. The van der Waals surface area contributed by atoms with E-state index in [1.165, 1.54) is 0 Å². The molecule has 1 unspecified atom stereocenters. The molecular formula is C13H24N2O2. The molecule has 0 aliphatic carbocycles. The maximum atomic E-state index is 11.9. The molecule has 0 N–H and O–H groups in total. The maximum Gasteiger partial charge on any atom is 0.410 e. The average Bonchev–Trinajstić information content (AvgIpc) is 2.86. The zero-order valence-corrected chi connectivity index (χ0v) is 11.2. The number of likely N-dealkylation sites (N-methyl/N-ethyl adjacent to an activating group) is 1. The Morgan fingerprint density at radius 3 is 2.47 bits per heavy atom. The van der Waals surface area contributed by atoms with Crippen LogP contribution in [0.25, 0.3) is 0 Å². The molecule has 2 atom stereocenters. The van der Waals surface area contributed by atoms with Crippen molar-refractivity contribution in [3.05, 3.63) is 0 Å². The van der Waals surface area contributed by atoms with Gasteiger partial charge in [0.05, 0.1) is 0 Å². The third-order valence-corrected chi connectivity index (χ3v) is 3.96. The van der Waals surface area contributed by atoms with Gasteiger partial charge >= 0.3 is 6.09 Å². The Morgan fingerprint density at radius 2 is 1.94 bits per heavy atom. The van der Waals surface area contributed by atoms with Gasteiger partial charge in [-0.15, -0.1) is 0 Å². The molecule has 0 radical (unpaired) electrons. The molecule has 4 heteroatoms. The highest BCUT2D eigenvalue weighted by atomic mass is 16.6. The van der Waals surface area contributed by atoms with Crippen LogP contribution >= 0.6 is 0 Å². The zero-order valence-electron chi connectivity index (χ0n) is 11.2. The topological polar surface area (TPSA) is 32.8 Å². The molecule has 2 saturated heterocycles. The molecule has 17 heavy (non-hydrogen) atoms. The Kier molecular flexibility index (Phi) is 3.92. The molecule has 2 aliphatic rings. The van der Waals surface area contributed by atoms with E-state index in [0.717, 1.165) is 38.9 Å². The number of hydrogen-bond acceptors (Lipinski definition) is 3. The van der Waals surface area contributed by atoms with Gasteiger partial charge in [0.2, 0.25) is 0 Å². The molecule has 4 nitrogen and oxygen atoms in total. The van der Waals surface area contributed by atoms with E-state index < -0.39 is 0 Å². The van der Waals surface area contributed by atoms with Crippen LogP contribution in [0.15, 0.2) is 0 Å². The Hall–Kier alpha value is -0.770. The van der Waals surface area contributed by atoms with Crippen molar-refractivity contribution in [3.8, 4) is 0 Å². The van der Waals surface area contributed by atoms with Crippen LogP contribution in [-0.4, -0.2) is 54.7 Å². The second kappa shape index (κ2) is 5.25. The van der Waals surface area contributed by atoms with Crippen molar-refractivity contribution in [3.63, 3.8) is 0 Å². The van der Waals surface area contributed by atoms with Crippen LogP contribution in [0.2, 0.25) is 0 Å². The monoisotopic (exact) mass is 240 g/mol. The van der Waals surface area contributed by atoms with Crippen LogP contribution in [0.4, 0.5) is 4.79 Å². The highest BCUT2D eigenvalue weighted by Crippen LogP contribution is 2.25. The minimum Gasteiger partial charge on any atom is -0.445 e. The van der Waals surface area contributed by atoms with Gasteiger partial charge in [-0.3, -0.25) is 4.90 Å². The predicted octanol–water partition coefficient (Wildman–Crippen LogP) is 1.95. The van der Waals surface area contributed by atoms with E-state index in [2.05, 4.69) is 25.8 Å². The van der Waals surface area contributed by atoms with Gasteiger partial charge in [0.25, 0.3) is 0 Å². The molecule has 2 aliphatic heterocycles. The summed E-state index contributed by atoms with van der Waals surface area (Å²) >= 11 is 0. The summed E-state index contributed by atoms with van der Waals surface area (Å²) in [4.78, 5) is 16.0. The predicted molar refractivity (Wildman–Crippen MR) is 66.9 cm³/mol. The standard InChI is InChI=1S/C13H24N2O2/c1-10(2)12-8-11(9-14(12)3)17-13(16)15-6-4-5-7-15/h10-12H,4-9H2,1-3H3/t11?,12-/m0/s1. The first kappa shape index (κ1) is 12.7. The molecule has 0 aromatic heterocycles. The molecule has 2 heterocycles. The summed E-state index contributed by atoms with van der Waals surface area (Å²) < 4.78 is 5.59. The normalized spacial score (nSPS) is 30.2. The zero-order chi connectivity index (χ0) is 12.4. The van der Waals surface area contributed by atoms with E-state index in [9.17, 15) is 4.79 Å². The summed E-state index contributed by atoms with van der Waals surface area (Å²) in [6.45, 7) is 7.07. The van der Waals surface area contributed by atoms with Crippen molar-refractivity contribution in [2.24, 2.45) is 5.92 Å². The quantitative estimate of drug-likeness (QED) is 0.739. The average molecular weight is 240 g/mol. The molecular weight excluding hydrogens is 216 g/mol. The van der Waals surface area contributed by atoms with Crippen LogP contribution in [0.1, 0.15) is 33.1 Å². The third-order valence-electron chi connectivity index (χ3n) is 3.96. The molecule has 0 spiro atoms. The van der Waals surface area contributed by atoms with Crippen LogP contribution in [-0.2, 0) is 4.74 Å². The van der Waals surface area contributed by atoms with Crippen molar-refractivity contribution in [1.29, 1.82) is 0 Å². The molecule has 1 amide bonds. The Bertz CT molecular complexity index is 275. The molecule has 0 bridgehead atoms. The number of likely N-dealkylation sites (tertiary alicyclic amines) is 2. The first-order valence-corrected chi connectivity index (χ1v) is 6.73. The molecule has 0 aromatic carbocycles. The van der Waals surface area contributed by atoms with Gasteiger partial charge in [0.1, 0.15) is 6.10 Å². The Balaban J connectivity index is 1.82. The molecule has 0 saturated carbocycles. The molecule has 98 valence electrons. The van der Waals surface area contributed by atoms with Crippen molar-refractivity contribution in [2.45, 2.75) is 45.3 Å². The highest BCUT2D eigenvalue weighted by molar-refractivity contribution is 5.68. The van der Waals surface area contributed by atoms with Crippen molar-refractivity contribution in [2.75, 3.05) is 26.7 Å². The summed E-state index contributed by atoms with van der Waals surface area (Å²) in [5.41, 5.74) is 0. The number of ether oxygens (including phenoxy) is 1. The fourth-order valence-corrected chi connectivity index (χ4v) is 2.96. The van der Waals surface area contributed by atoms with E-state index in [1.807, 2.05) is 4.90 Å². The van der Waals surface area contributed by atoms with Gasteiger partial charge in [-0.25, -0.2) is 4.79 Å². The number of nitrogens with zero attached hydrogens (tertiary/aromatic N) is 2. The van der Waals surface area contributed by atoms with E-state index in [1.54, 1.807) is 0 Å². The Morgan fingerprint density at radius 1 is 1.29 bits per heavy atom. The minimum absolute atomic E-state index is 0.0838. The number of carbonyl (C=O) groups is 1. The van der Waals surface area contributed by atoms with Crippen LogP contribution in [0.5, 0.6) is 0 Å². The fourth-order valence-electron chi connectivity index (χ4n) is 2.96. The SMILES string of the molecule is CC(C)[C@@H]1CC(OC(=O)N2CCCC2)CN1C. The summed E-state index contributed by atoms with van der Waals surface area (Å²) in [6.07, 6.45) is 3.20. The number of amides is 1. The van der Waals surface area contributed by atoms with Crippen LogP contribution < -0.4 is 0 Å². The summed E-state index contributed by atoms with van der Waals surface area (Å²) in [5, 5.41) is 0. The maximum absolute atomic E-state index is 11.9.